The lowest BCUT2D eigenvalue weighted by molar-refractivity contribution is 0.00578. The average Bonchev–Trinajstić information content (AvgIpc) is 2.45. The van der Waals surface area contributed by atoms with Crippen molar-refractivity contribution in [2.75, 3.05) is 0 Å². The molecule has 0 N–H and O–H groups in total. The van der Waals surface area contributed by atoms with E-state index in [0.717, 1.165) is 0 Å². The zero-order valence-electron chi connectivity index (χ0n) is 12.6. The maximum absolute atomic E-state index is 6.40. The fraction of sp³-hybridized carbons (Fsp3) is 0.667. The van der Waals surface area contributed by atoms with Crippen molar-refractivity contribution in [2.24, 2.45) is 0 Å². The molecule has 20 heavy (non-hydrogen) atoms. The summed E-state index contributed by atoms with van der Waals surface area (Å²) in [4.78, 5) is 4.51. The zero-order valence-corrected chi connectivity index (χ0v) is 13.3. The van der Waals surface area contributed by atoms with Crippen LogP contribution >= 0.6 is 11.6 Å². The maximum Gasteiger partial charge on any atom is 0.516 e. The number of hydrogen-bond donors (Lipinski definition) is 0. The van der Waals surface area contributed by atoms with Gasteiger partial charge >= 0.3 is 7.12 Å². The molecule has 0 amide bonds. The summed E-state index contributed by atoms with van der Waals surface area (Å²) in [6, 6.07) is 2.03. The first-order valence-electron chi connectivity index (χ1n) is 7.31. The Morgan fingerprint density at radius 2 is 1.80 bits per heavy atom. The van der Waals surface area contributed by atoms with Crippen molar-refractivity contribution in [2.45, 2.75) is 64.1 Å². The Morgan fingerprint density at radius 1 is 1.20 bits per heavy atom. The van der Waals surface area contributed by atoms with Crippen LogP contribution in [0.3, 0.4) is 0 Å². The highest BCUT2D eigenvalue weighted by atomic mass is 35.5. The van der Waals surface area contributed by atoms with Crippen molar-refractivity contribution in [3.05, 3.63) is 22.8 Å². The monoisotopic (exact) mass is 293 g/mol. The van der Waals surface area contributed by atoms with E-state index in [1.807, 2.05) is 40.0 Å². The van der Waals surface area contributed by atoms with Crippen molar-refractivity contribution >= 4 is 24.3 Å². The van der Waals surface area contributed by atoms with Crippen LogP contribution in [0.1, 0.15) is 58.4 Å². The quantitative estimate of drug-likeness (QED) is 0.784. The second-order valence-corrected chi connectivity index (χ2v) is 7.26. The van der Waals surface area contributed by atoms with Gasteiger partial charge in [-0.3, -0.25) is 4.98 Å². The Hall–Kier alpha value is -0.575. The lowest BCUT2D eigenvalue weighted by atomic mass is 9.79. The highest BCUT2D eigenvalue weighted by Crippen LogP contribution is 2.38. The Morgan fingerprint density at radius 3 is 2.25 bits per heavy atom. The molecule has 1 saturated heterocycles. The summed E-state index contributed by atoms with van der Waals surface area (Å²) in [6.07, 6.45) is 5.72. The van der Waals surface area contributed by atoms with E-state index < -0.39 is 7.12 Å². The molecule has 0 unspecified atom stereocenters. The summed E-state index contributed by atoms with van der Waals surface area (Å²) in [5.74, 6) is 0.632. The minimum Gasteiger partial charge on any atom is -0.398 e. The Balaban J connectivity index is 1.85. The molecular formula is C15H21BClNO2. The van der Waals surface area contributed by atoms with Crippen LogP contribution in [0.15, 0.2) is 12.3 Å². The predicted octanol–water partition coefficient (Wildman–Crippen LogP) is 3.30. The second-order valence-electron chi connectivity index (χ2n) is 6.85. The van der Waals surface area contributed by atoms with Gasteiger partial charge in [0.05, 0.1) is 21.8 Å². The normalized spacial score (nSPS) is 24.8. The Labute approximate surface area is 126 Å². The van der Waals surface area contributed by atoms with Crippen molar-refractivity contribution in [3.63, 3.8) is 0 Å². The SMILES string of the molecule is CC1(C)OB(c2ncc(C3CCC3)cc2Cl)OC1(C)C. The number of halogens is 1. The van der Waals surface area contributed by atoms with Gasteiger partial charge in [-0.1, -0.05) is 18.0 Å². The summed E-state index contributed by atoms with van der Waals surface area (Å²) in [5.41, 5.74) is 1.19. The topological polar surface area (TPSA) is 31.4 Å². The van der Waals surface area contributed by atoms with Gasteiger partial charge in [-0.2, -0.15) is 0 Å². The van der Waals surface area contributed by atoms with Crippen LogP contribution in [-0.2, 0) is 9.31 Å². The molecule has 1 aliphatic carbocycles. The summed E-state index contributed by atoms with van der Waals surface area (Å²) in [5, 5.41) is 0.646. The van der Waals surface area contributed by atoms with E-state index in [2.05, 4.69) is 4.98 Å². The Kier molecular flexibility index (Phi) is 3.39. The van der Waals surface area contributed by atoms with Gasteiger partial charge < -0.3 is 9.31 Å². The summed E-state index contributed by atoms with van der Waals surface area (Å²) in [7, 11) is -0.483. The molecule has 0 radical (unpaired) electrons. The molecule has 1 aliphatic heterocycles. The molecule has 1 aromatic rings. The molecule has 0 atom stereocenters. The third kappa shape index (κ3) is 2.28. The molecule has 2 fully saturated rings. The minimum absolute atomic E-state index is 0.366. The fourth-order valence-corrected chi connectivity index (χ4v) is 2.82. The number of nitrogens with zero attached hydrogens (tertiary/aromatic N) is 1. The third-order valence-corrected chi connectivity index (χ3v) is 5.25. The molecule has 2 aliphatic rings. The number of rotatable bonds is 2. The molecule has 5 heteroatoms. The van der Waals surface area contributed by atoms with Gasteiger partial charge in [0.2, 0.25) is 0 Å². The van der Waals surface area contributed by atoms with Crippen molar-refractivity contribution in [1.29, 1.82) is 0 Å². The van der Waals surface area contributed by atoms with Crippen LogP contribution in [0, 0.1) is 0 Å². The smallest absolute Gasteiger partial charge is 0.398 e. The molecule has 3 rings (SSSR count). The van der Waals surface area contributed by atoms with Crippen molar-refractivity contribution in [3.8, 4) is 0 Å². The van der Waals surface area contributed by atoms with E-state index in [1.54, 1.807) is 0 Å². The van der Waals surface area contributed by atoms with Gasteiger partial charge in [-0.15, -0.1) is 0 Å². The van der Waals surface area contributed by atoms with Crippen molar-refractivity contribution < 1.29 is 9.31 Å². The van der Waals surface area contributed by atoms with Crippen LogP contribution in [0.25, 0.3) is 0 Å². The summed E-state index contributed by atoms with van der Waals surface area (Å²) < 4.78 is 12.0. The van der Waals surface area contributed by atoms with Gasteiger partial charge in [0.15, 0.2) is 0 Å². The summed E-state index contributed by atoms with van der Waals surface area (Å²) >= 11 is 6.40. The first-order valence-corrected chi connectivity index (χ1v) is 7.69. The van der Waals surface area contributed by atoms with E-state index in [9.17, 15) is 0 Å². The molecule has 1 saturated carbocycles. The first kappa shape index (κ1) is 14.4. The number of aromatic nitrogens is 1. The standard InChI is InChI=1S/C15H21BClNO2/c1-14(2)15(3,4)20-16(19-14)13-12(17)8-11(9-18-13)10-6-5-7-10/h8-10H,5-7H2,1-4H3. The van der Waals surface area contributed by atoms with Crippen LogP contribution in [0.5, 0.6) is 0 Å². The van der Waals surface area contributed by atoms with E-state index in [4.69, 9.17) is 20.9 Å². The zero-order chi connectivity index (χ0) is 14.5. The van der Waals surface area contributed by atoms with E-state index >= 15 is 0 Å². The average molecular weight is 294 g/mol. The largest absolute Gasteiger partial charge is 0.516 e. The maximum atomic E-state index is 6.40. The van der Waals surface area contributed by atoms with Gasteiger partial charge in [-0.05, 0) is 58.1 Å². The van der Waals surface area contributed by atoms with Crippen molar-refractivity contribution in [1.82, 2.24) is 4.98 Å². The van der Waals surface area contributed by atoms with Crippen LogP contribution in [0.4, 0.5) is 0 Å². The van der Waals surface area contributed by atoms with Crippen LogP contribution < -0.4 is 5.59 Å². The van der Waals surface area contributed by atoms with Gasteiger partial charge in [-0.25, -0.2) is 0 Å². The highest BCUT2D eigenvalue weighted by molar-refractivity contribution is 6.64. The number of hydrogen-bond acceptors (Lipinski definition) is 3. The van der Waals surface area contributed by atoms with Gasteiger partial charge in [0.25, 0.3) is 0 Å². The predicted molar refractivity (Wildman–Crippen MR) is 81.6 cm³/mol. The van der Waals surface area contributed by atoms with Crippen LogP contribution in [0.2, 0.25) is 5.02 Å². The van der Waals surface area contributed by atoms with E-state index in [0.29, 0.717) is 16.5 Å². The molecule has 0 aromatic carbocycles. The lowest BCUT2D eigenvalue weighted by Crippen LogP contribution is -2.41. The molecule has 1 aromatic heterocycles. The molecule has 2 heterocycles. The fourth-order valence-electron chi connectivity index (χ4n) is 2.56. The third-order valence-electron chi connectivity index (χ3n) is 4.94. The molecule has 108 valence electrons. The van der Waals surface area contributed by atoms with Gasteiger partial charge in [0.1, 0.15) is 0 Å². The van der Waals surface area contributed by atoms with Gasteiger partial charge in [0, 0.05) is 6.20 Å². The molecular weight excluding hydrogens is 272 g/mol. The summed E-state index contributed by atoms with van der Waals surface area (Å²) in [6.45, 7) is 8.13. The Bertz CT molecular complexity index is 513. The second kappa shape index (κ2) is 4.72. The minimum atomic E-state index is -0.483. The number of pyridine rings is 1. The highest BCUT2D eigenvalue weighted by Gasteiger charge is 2.53. The first-order chi connectivity index (χ1) is 9.30. The van der Waals surface area contributed by atoms with E-state index in [-0.39, 0.29) is 11.2 Å². The lowest BCUT2D eigenvalue weighted by Gasteiger charge is -2.32. The molecule has 3 nitrogen and oxygen atoms in total. The molecule has 0 spiro atoms. The molecule has 0 bridgehead atoms. The van der Waals surface area contributed by atoms with Crippen LogP contribution in [-0.4, -0.2) is 23.3 Å². The van der Waals surface area contributed by atoms with E-state index in [1.165, 1.54) is 24.8 Å².